The Morgan fingerprint density at radius 1 is 1.30 bits per heavy atom. The third kappa shape index (κ3) is 3.97. The van der Waals surface area contributed by atoms with Crippen LogP contribution in [0.15, 0.2) is 18.2 Å². The molecular formula is C22H28FN5O2. The van der Waals surface area contributed by atoms with Gasteiger partial charge in [0.25, 0.3) is 0 Å². The zero-order valence-electron chi connectivity index (χ0n) is 17.6. The molecule has 0 aliphatic carbocycles. The highest BCUT2D eigenvalue weighted by molar-refractivity contribution is 5.78. The summed E-state index contributed by atoms with van der Waals surface area (Å²) < 4.78 is 21.7. The van der Waals surface area contributed by atoms with Crippen LogP contribution in [0.4, 0.5) is 21.8 Å². The number of anilines is 3. The highest BCUT2D eigenvalue weighted by atomic mass is 19.1. The second-order valence-corrected chi connectivity index (χ2v) is 7.99. The molecule has 4 rings (SSSR count). The van der Waals surface area contributed by atoms with Crippen LogP contribution in [-0.4, -0.2) is 41.8 Å². The highest BCUT2D eigenvalue weighted by Gasteiger charge is 2.36. The first kappa shape index (κ1) is 20.6. The Bertz CT molecular complexity index is 990. The molecule has 30 heavy (non-hydrogen) atoms. The van der Waals surface area contributed by atoms with Crippen molar-refractivity contribution in [1.82, 2.24) is 15.3 Å². The van der Waals surface area contributed by atoms with Gasteiger partial charge in [0.15, 0.2) is 5.82 Å². The summed E-state index contributed by atoms with van der Waals surface area (Å²) in [6, 6.07) is 3.43. The number of allylic oxidation sites excluding steroid dienone is 1. The quantitative estimate of drug-likeness (QED) is 0.610. The van der Waals surface area contributed by atoms with Crippen LogP contribution in [0.25, 0.3) is 5.57 Å². The lowest BCUT2D eigenvalue weighted by atomic mass is 9.85. The van der Waals surface area contributed by atoms with E-state index in [0.717, 1.165) is 30.7 Å². The van der Waals surface area contributed by atoms with E-state index in [2.05, 4.69) is 25.9 Å². The number of aryl methyl sites for hydroxylation is 1. The third-order valence-electron chi connectivity index (χ3n) is 5.60. The van der Waals surface area contributed by atoms with Crippen LogP contribution in [0, 0.1) is 12.7 Å². The standard InChI is InChI=1S/C22H28FN5O2/c1-13-11-17(24-3)28-21(26-13)27-16-12-15-20(30-10-7-22(15,2)29)18(19(16)23)14-5-4-8-25-9-6-14/h6,11-12,25,29H,4-5,7-10H2,1-3H3,(H2,24,26,27,28)/t22-/m0/s1. The number of halogens is 1. The number of rotatable bonds is 4. The Kier molecular flexibility index (Phi) is 5.62. The second-order valence-electron chi connectivity index (χ2n) is 7.99. The summed E-state index contributed by atoms with van der Waals surface area (Å²) in [5, 5.41) is 20.3. The molecule has 8 heteroatoms. The van der Waals surface area contributed by atoms with Gasteiger partial charge in [0.2, 0.25) is 5.95 Å². The summed E-state index contributed by atoms with van der Waals surface area (Å²) in [6.45, 7) is 5.49. The smallest absolute Gasteiger partial charge is 0.229 e. The average molecular weight is 413 g/mol. The van der Waals surface area contributed by atoms with Crippen LogP contribution in [0.2, 0.25) is 0 Å². The van der Waals surface area contributed by atoms with Gasteiger partial charge in [-0.25, -0.2) is 9.37 Å². The first-order chi connectivity index (χ1) is 14.4. The lowest BCUT2D eigenvalue weighted by molar-refractivity contribution is 0.0144. The molecule has 0 fully saturated rings. The highest BCUT2D eigenvalue weighted by Crippen LogP contribution is 2.46. The number of nitrogens with one attached hydrogen (secondary N) is 3. The van der Waals surface area contributed by atoms with Gasteiger partial charge in [-0.15, -0.1) is 0 Å². The maximum Gasteiger partial charge on any atom is 0.229 e. The largest absolute Gasteiger partial charge is 0.492 e. The van der Waals surface area contributed by atoms with Gasteiger partial charge in [-0.2, -0.15) is 4.98 Å². The summed E-state index contributed by atoms with van der Waals surface area (Å²) in [7, 11) is 1.77. The molecule has 0 bridgehead atoms. The molecule has 7 nitrogen and oxygen atoms in total. The molecular weight excluding hydrogens is 385 g/mol. The van der Waals surface area contributed by atoms with E-state index in [9.17, 15) is 5.11 Å². The molecule has 1 aromatic heterocycles. The summed E-state index contributed by atoms with van der Waals surface area (Å²) in [5.41, 5.74) is 1.74. The SMILES string of the molecule is CNc1cc(C)nc(Nc2cc3c(c(C4=CCNCCC4)c2F)OCC[C@]3(C)O)n1. The van der Waals surface area contributed by atoms with E-state index in [-0.39, 0.29) is 11.6 Å². The molecule has 0 amide bonds. The molecule has 2 aliphatic rings. The van der Waals surface area contributed by atoms with Gasteiger partial charge in [-0.3, -0.25) is 0 Å². The van der Waals surface area contributed by atoms with Crippen molar-refractivity contribution in [3.8, 4) is 5.75 Å². The van der Waals surface area contributed by atoms with Gasteiger partial charge in [0.1, 0.15) is 11.6 Å². The van der Waals surface area contributed by atoms with E-state index in [1.165, 1.54) is 0 Å². The van der Waals surface area contributed by atoms with Gasteiger partial charge < -0.3 is 25.8 Å². The van der Waals surface area contributed by atoms with Crippen molar-refractivity contribution in [3.63, 3.8) is 0 Å². The monoisotopic (exact) mass is 413 g/mol. The number of hydrogen-bond acceptors (Lipinski definition) is 7. The lowest BCUT2D eigenvalue weighted by Gasteiger charge is -2.33. The van der Waals surface area contributed by atoms with E-state index in [4.69, 9.17) is 4.74 Å². The number of benzene rings is 1. The zero-order chi connectivity index (χ0) is 21.3. The fourth-order valence-corrected chi connectivity index (χ4v) is 3.96. The van der Waals surface area contributed by atoms with E-state index in [0.29, 0.717) is 42.3 Å². The van der Waals surface area contributed by atoms with Crippen LogP contribution in [0.1, 0.15) is 43.0 Å². The van der Waals surface area contributed by atoms with Crippen molar-refractivity contribution in [2.45, 2.75) is 38.7 Å². The van der Waals surface area contributed by atoms with Crippen molar-refractivity contribution in [2.75, 3.05) is 37.4 Å². The summed E-state index contributed by atoms with van der Waals surface area (Å²) in [6.07, 6.45) is 4.08. The zero-order valence-corrected chi connectivity index (χ0v) is 17.6. The summed E-state index contributed by atoms with van der Waals surface area (Å²) in [5.74, 6) is 0.938. The molecule has 1 atom stereocenters. The number of hydrogen-bond donors (Lipinski definition) is 4. The molecule has 1 aromatic carbocycles. The maximum absolute atomic E-state index is 15.8. The predicted octanol–water partition coefficient (Wildman–Crippen LogP) is 3.47. The number of nitrogens with zero attached hydrogens (tertiary/aromatic N) is 2. The molecule has 0 spiro atoms. The van der Waals surface area contributed by atoms with Gasteiger partial charge in [-0.1, -0.05) is 6.08 Å². The topological polar surface area (TPSA) is 91.3 Å². The predicted molar refractivity (Wildman–Crippen MR) is 116 cm³/mol. The van der Waals surface area contributed by atoms with Gasteiger partial charge >= 0.3 is 0 Å². The van der Waals surface area contributed by atoms with Crippen LogP contribution in [0.3, 0.4) is 0 Å². The first-order valence-corrected chi connectivity index (χ1v) is 10.3. The van der Waals surface area contributed by atoms with Gasteiger partial charge in [0.05, 0.1) is 23.5 Å². The Morgan fingerprint density at radius 2 is 2.13 bits per heavy atom. The van der Waals surface area contributed by atoms with Crippen LogP contribution >= 0.6 is 0 Å². The lowest BCUT2D eigenvalue weighted by Crippen LogP contribution is -2.30. The molecule has 3 heterocycles. The van der Waals surface area contributed by atoms with Crippen LogP contribution in [-0.2, 0) is 5.60 Å². The minimum Gasteiger partial charge on any atom is -0.492 e. The van der Waals surface area contributed by atoms with E-state index in [1.807, 2.05) is 19.1 Å². The number of ether oxygens (including phenoxy) is 1. The average Bonchev–Trinajstić information content (AvgIpc) is 2.98. The normalized spacial score (nSPS) is 21.2. The molecule has 0 saturated heterocycles. The maximum atomic E-state index is 15.8. The van der Waals surface area contributed by atoms with Gasteiger partial charge in [-0.05, 0) is 44.9 Å². The molecule has 4 N–H and O–H groups in total. The van der Waals surface area contributed by atoms with Crippen LogP contribution in [0.5, 0.6) is 5.75 Å². The van der Waals surface area contributed by atoms with Crippen molar-refractivity contribution < 1.29 is 14.2 Å². The number of aromatic nitrogens is 2. The van der Waals surface area contributed by atoms with Crippen molar-refractivity contribution >= 4 is 23.0 Å². The van der Waals surface area contributed by atoms with Crippen molar-refractivity contribution in [2.24, 2.45) is 0 Å². The minimum atomic E-state index is -1.11. The molecule has 2 aliphatic heterocycles. The van der Waals surface area contributed by atoms with E-state index in [1.54, 1.807) is 20.0 Å². The van der Waals surface area contributed by atoms with E-state index < -0.39 is 11.4 Å². The molecule has 0 radical (unpaired) electrons. The molecule has 2 aromatic rings. The van der Waals surface area contributed by atoms with Crippen molar-refractivity contribution in [3.05, 3.63) is 40.8 Å². The van der Waals surface area contributed by atoms with Crippen LogP contribution < -0.4 is 20.7 Å². The Labute approximate surface area is 175 Å². The summed E-state index contributed by atoms with van der Waals surface area (Å²) in [4.78, 5) is 8.75. The third-order valence-corrected chi connectivity index (χ3v) is 5.60. The van der Waals surface area contributed by atoms with Crippen molar-refractivity contribution in [1.29, 1.82) is 0 Å². The Balaban J connectivity index is 1.86. The Hall–Kier alpha value is -2.71. The van der Waals surface area contributed by atoms with E-state index >= 15 is 4.39 Å². The fraction of sp³-hybridized carbons (Fsp3) is 0.455. The second kappa shape index (κ2) is 8.20. The van der Waals surface area contributed by atoms with Gasteiger partial charge in [0, 0.05) is 37.3 Å². The Morgan fingerprint density at radius 3 is 2.93 bits per heavy atom. The first-order valence-electron chi connectivity index (χ1n) is 10.3. The summed E-state index contributed by atoms with van der Waals surface area (Å²) >= 11 is 0. The number of fused-ring (bicyclic) bond motifs is 1. The molecule has 0 unspecified atom stereocenters. The molecule has 0 saturated carbocycles. The molecule has 160 valence electrons. The fourth-order valence-electron chi connectivity index (χ4n) is 3.96. The number of aliphatic hydroxyl groups is 1. The minimum absolute atomic E-state index is 0.222.